The smallest absolute Gasteiger partial charge is 0.227 e. The van der Waals surface area contributed by atoms with Gasteiger partial charge in [-0.2, -0.15) is 0 Å². The normalized spacial score (nSPS) is 21.2. The van der Waals surface area contributed by atoms with E-state index in [9.17, 15) is 4.79 Å². The van der Waals surface area contributed by atoms with E-state index in [0.717, 1.165) is 19.6 Å². The molecule has 1 aliphatic heterocycles. The Hall–Kier alpha value is -1.06. The molecule has 4 heteroatoms. The summed E-state index contributed by atoms with van der Waals surface area (Å²) in [6, 6.07) is 6.91. The number of piperazine rings is 1. The molecule has 0 aromatic heterocycles. The molecule has 1 aromatic rings. The summed E-state index contributed by atoms with van der Waals surface area (Å²) in [6.07, 6.45) is 4.21. The molecule has 0 bridgehead atoms. The fraction of sp³-hybridized carbons (Fsp3) is 0.562. The first kappa shape index (κ1) is 15.3. The largest absolute Gasteiger partial charge is 0.337 e. The molecular formula is C16H23ClN2O. The highest BCUT2D eigenvalue weighted by Gasteiger charge is 2.23. The van der Waals surface area contributed by atoms with Gasteiger partial charge in [0.25, 0.3) is 0 Å². The second kappa shape index (κ2) is 6.59. The van der Waals surface area contributed by atoms with Crippen LogP contribution in [0.4, 0.5) is 0 Å². The monoisotopic (exact) mass is 294 g/mol. The van der Waals surface area contributed by atoms with Crippen molar-refractivity contribution in [1.82, 2.24) is 10.2 Å². The van der Waals surface area contributed by atoms with Crippen molar-refractivity contribution in [1.29, 1.82) is 0 Å². The summed E-state index contributed by atoms with van der Waals surface area (Å²) >= 11 is 0. The first-order valence-electron chi connectivity index (χ1n) is 7.35. The van der Waals surface area contributed by atoms with Crippen LogP contribution in [0, 0.1) is 0 Å². The van der Waals surface area contributed by atoms with Gasteiger partial charge in [0, 0.05) is 25.7 Å². The fourth-order valence-corrected chi connectivity index (χ4v) is 3.22. The van der Waals surface area contributed by atoms with E-state index < -0.39 is 0 Å². The summed E-state index contributed by atoms with van der Waals surface area (Å²) in [5.41, 5.74) is 4.11. The molecule has 2 aliphatic rings. The summed E-state index contributed by atoms with van der Waals surface area (Å²) in [5, 5.41) is 3.32. The van der Waals surface area contributed by atoms with Crippen LogP contribution in [0.15, 0.2) is 18.2 Å². The first-order chi connectivity index (χ1) is 9.24. The lowest BCUT2D eigenvalue weighted by Crippen LogP contribution is -2.52. The lowest BCUT2D eigenvalue weighted by molar-refractivity contribution is -0.133. The van der Waals surface area contributed by atoms with Crippen molar-refractivity contribution in [3.05, 3.63) is 34.9 Å². The SMILES string of the molecule is C[C@@H]1CNCCN1C(=O)Cc1ccc2c(c1)CCC2.Cl. The zero-order valence-electron chi connectivity index (χ0n) is 12.0. The van der Waals surface area contributed by atoms with Crippen molar-refractivity contribution in [2.75, 3.05) is 19.6 Å². The Morgan fingerprint density at radius 2 is 2.15 bits per heavy atom. The highest BCUT2D eigenvalue weighted by molar-refractivity contribution is 5.85. The van der Waals surface area contributed by atoms with Gasteiger partial charge in [-0.3, -0.25) is 4.79 Å². The second-order valence-electron chi connectivity index (χ2n) is 5.77. The molecular weight excluding hydrogens is 272 g/mol. The Balaban J connectivity index is 0.00000147. The summed E-state index contributed by atoms with van der Waals surface area (Å²) in [5.74, 6) is 0.270. The maximum absolute atomic E-state index is 12.4. The highest BCUT2D eigenvalue weighted by Crippen LogP contribution is 2.23. The Morgan fingerprint density at radius 3 is 2.95 bits per heavy atom. The van der Waals surface area contributed by atoms with Crippen LogP contribution in [0.3, 0.4) is 0 Å². The molecule has 0 unspecified atom stereocenters. The average Bonchev–Trinajstić information content (AvgIpc) is 2.86. The van der Waals surface area contributed by atoms with Gasteiger partial charge in [-0.1, -0.05) is 18.2 Å². The van der Waals surface area contributed by atoms with Crippen molar-refractivity contribution in [3.63, 3.8) is 0 Å². The second-order valence-corrected chi connectivity index (χ2v) is 5.77. The molecule has 110 valence electrons. The Bertz CT molecular complexity index is 489. The summed E-state index contributed by atoms with van der Waals surface area (Å²) in [7, 11) is 0. The lowest BCUT2D eigenvalue weighted by Gasteiger charge is -2.34. The lowest BCUT2D eigenvalue weighted by atomic mass is 10.0. The van der Waals surface area contributed by atoms with Gasteiger partial charge in [0.05, 0.1) is 6.42 Å². The van der Waals surface area contributed by atoms with Crippen LogP contribution in [0.2, 0.25) is 0 Å². The number of amides is 1. The van der Waals surface area contributed by atoms with Gasteiger partial charge in [-0.05, 0) is 42.9 Å². The Labute approximate surface area is 127 Å². The minimum Gasteiger partial charge on any atom is -0.337 e. The van der Waals surface area contributed by atoms with Crippen molar-refractivity contribution in [2.24, 2.45) is 0 Å². The number of halogens is 1. The molecule has 1 heterocycles. The predicted molar refractivity (Wildman–Crippen MR) is 83.5 cm³/mol. The van der Waals surface area contributed by atoms with Gasteiger partial charge in [0.15, 0.2) is 0 Å². The van der Waals surface area contributed by atoms with E-state index in [2.05, 4.69) is 30.4 Å². The molecule has 3 nitrogen and oxygen atoms in total. The number of rotatable bonds is 2. The van der Waals surface area contributed by atoms with Crippen LogP contribution in [0.1, 0.15) is 30.0 Å². The molecule has 0 radical (unpaired) electrons. The molecule has 1 aromatic carbocycles. The quantitative estimate of drug-likeness (QED) is 0.904. The van der Waals surface area contributed by atoms with Gasteiger partial charge in [-0.25, -0.2) is 0 Å². The number of carbonyl (C=O) groups is 1. The van der Waals surface area contributed by atoms with Crippen LogP contribution in [-0.4, -0.2) is 36.5 Å². The molecule has 1 saturated heterocycles. The number of carbonyl (C=O) groups excluding carboxylic acids is 1. The van der Waals surface area contributed by atoms with Gasteiger partial charge in [0.1, 0.15) is 0 Å². The molecule has 0 saturated carbocycles. The molecule has 1 aliphatic carbocycles. The van der Waals surface area contributed by atoms with E-state index in [4.69, 9.17) is 0 Å². The number of nitrogens with zero attached hydrogens (tertiary/aromatic N) is 1. The maximum Gasteiger partial charge on any atom is 0.227 e. The van der Waals surface area contributed by atoms with Gasteiger partial charge < -0.3 is 10.2 Å². The number of hydrogen-bond donors (Lipinski definition) is 1. The number of fused-ring (bicyclic) bond motifs is 1. The average molecular weight is 295 g/mol. The van der Waals surface area contributed by atoms with Crippen LogP contribution in [0.25, 0.3) is 0 Å². The Morgan fingerprint density at radius 1 is 1.35 bits per heavy atom. The van der Waals surface area contributed by atoms with Crippen molar-refractivity contribution >= 4 is 18.3 Å². The summed E-state index contributed by atoms with van der Waals surface area (Å²) < 4.78 is 0. The van der Waals surface area contributed by atoms with Crippen molar-refractivity contribution < 1.29 is 4.79 Å². The van der Waals surface area contributed by atoms with Gasteiger partial charge in [0.2, 0.25) is 5.91 Å². The zero-order chi connectivity index (χ0) is 13.2. The van der Waals surface area contributed by atoms with Crippen molar-refractivity contribution in [2.45, 2.75) is 38.6 Å². The van der Waals surface area contributed by atoms with Crippen LogP contribution in [-0.2, 0) is 24.1 Å². The zero-order valence-corrected chi connectivity index (χ0v) is 12.8. The topological polar surface area (TPSA) is 32.3 Å². The molecule has 1 N–H and O–H groups in total. The van der Waals surface area contributed by atoms with E-state index in [1.54, 1.807) is 0 Å². The van der Waals surface area contributed by atoms with E-state index in [1.807, 2.05) is 4.90 Å². The molecule has 3 rings (SSSR count). The first-order valence-corrected chi connectivity index (χ1v) is 7.35. The van der Waals surface area contributed by atoms with Crippen LogP contribution < -0.4 is 5.32 Å². The minimum atomic E-state index is 0. The molecule has 0 spiro atoms. The standard InChI is InChI=1S/C16H22N2O.ClH/c1-12-11-17-7-8-18(12)16(19)10-13-5-6-14-3-2-4-15(14)9-13;/h5-6,9,12,17H,2-4,7-8,10-11H2,1H3;1H/t12-;/m1./s1. The maximum atomic E-state index is 12.4. The van der Waals surface area contributed by atoms with Crippen LogP contribution in [0.5, 0.6) is 0 Å². The van der Waals surface area contributed by atoms with E-state index >= 15 is 0 Å². The number of benzene rings is 1. The third kappa shape index (κ3) is 3.15. The summed E-state index contributed by atoms with van der Waals surface area (Å²) in [4.78, 5) is 14.4. The van der Waals surface area contributed by atoms with E-state index in [0.29, 0.717) is 12.5 Å². The predicted octanol–water partition coefficient (Wildman–Crippen LogP) is 1.96. The fourth-order valence-electron chi connectivity index (χ4n) is 3.22. The highest BCUT2D eigenvalue weighted by atomic mass is 35.5. The molecule has 1 atom stereocenters. The van der Waals surface area contributed by atoms with Crippen molar-refractivity contribution in [3.8, 4) is 0 Å². The third-order valence-corrected chi connectivity index (χ3v) is 4.34. The van der Waals surface area contributed by atoms with E-state index in [-0.39, 0.29) is 18.3 Å². The number of hydrogen-bond acceptors (Lipinski definition) is 2. The summed E-state index contributed by atoms with van der Waals surface area (Å²) in [6.45, 7) is 4.79. The van der Waals surface area contributed by atoms with Crippen LogP contribution >= 0.6 is 12.4 Å². The molecule has 20 heavy (non-hydrogen) atoms. The molecule has 1 fully saturated rings. The number of nitrogens with one attached hydrogen (secondary N) is 1. The van der Waals surface area contributed by atoms with E-state index in [1.165, 1.54) is 36.0 Å². The third-order valence-electron chi connectivity index (χ3n) is 4.34. The van der Waals surface area contributed by atoms with Gasteiger partial charge >= 0.3 is 0 Å². The van der Waals surface area contributed by atoms with Gasteiger partial charge in [-0.15, -0.1) is 12.4 Å². The number of aryl methyl sites for hydroxylation is 2. The molecule has 1 amide bonds. The Kier molecular flexibility index (Phi) is 5.06. The minimum absolute atomic E-state index is 0.